The number of aromatic nitrogens is 1. The van der Waals surface area contributed by atoms with E-state index in [4.69, 9.17) is 11.6 Å². The highest BCUT2D eigenvalue weighted by atomic mass is 35.5. The number of hydrogen-bond acceptors (Lipinski definition) is 3. The zero-order chi connectivity index (χ0) is 19.1. The number of carbonyl (C=O) groups is 2. The molecule has 5 nitrogen and oxygen atoms in total. The van der Waals surface area contributed by atoms with Crippen molar-refractivity contribution in [2.75, 3.05) is 10.6 Å². The van der Waals surface area contributed by atoms with E-state index < -0.39 is 0 Å². The van der Waals surface area contributed by atoms with Gasteiger partial charge in [-0.1, -0.05) is 29.8 Å². The van der Waals surface area contributed by atoms with Crippen molar-refractivity contribution in [2.24, 2.45) is 0 Å². The Morgan fingerprint density at radius 3 is 2.26 bits per heavy atom. The van der Waals surface area contributed by atoms with Crippen LogP contribution in [0.15, 0.2) is 73.1 Å². The molecule has 0 fully saturated rings. The van der Waals surface area contributed by atoms with Crippen LogP contribution in [0.4, 0.5) is 11.4 Å². The van der Waals surface area contributed by atoms with Gasteiger partial charge >= 0.3 is 0 Å². The van der Waals surface area contributed by atoms with Crippen LogP contribution in [0.5, 0.6) is 0 Å². The second-order valence-corrected chi connectivity index (χ2v) is 6.35. The fourth-order valence-corrected chi connectivity index (χ4v) is 2.64. The van der Waals surface area contributed by atoms with Crippen LogP contribution >= 0.6 is 11.6 Å². The van der Waals surface area contributed by atoms with Crippen molar-refractivity contribution >= 4 is 34.8 Å². The Kier molecular flexibility index (Phi) is 6.18. The monoisotopic (exact) mass is 379 g/mol. The molecule has 0 radical (unpaired) electrons. The largest absolute Gasteiger partial charge is 0.324 e. The molecule has 0 atom stereocenters. The van der Waals surface area contributed by atoms with Gasteiger partial charge in [0, 0.05) is 29.4 Å². The van der Waals surface area contributed by atoms with Crippen LogP contribution in [-0.2, 0) is 11.2 Å². The van der Waals surface area contributed by atoms with E-state index in [1.54, 1.807) is 60.9 Å². The highest BCUT2D eigenvalue weighted by Crippen LogP contribution is 2.22. The van der Waals surface area contributed by atoms with E-state index in [0.717, 1.165) is 5.56 Å². The zero-order valence-electron chi connectivity index (χ0n) is 14.5. The number of amides is 2. The van der Waals surface area contributed by atoms with Crippen LogP contribution in [0, 0.1) is 0 Å². The lowest BCUT2D eigenvalue weighted by molar-refractivity contribution is -0.116. The van der Waals surface area contributed by atoms with Crippen LogP contribution in [0.2, 0.25) is 5.02 Å². The number of para-hydroxylation sites is 2. The number of halogens is 1. The smallest absolute Gasteiger partial charge is 0.255 e. The number of nitrogens with one attached hydrogen (secondary N) is 2. The number of carbonyl (C=O) groups excluding carboxylic acids is 2. The molecule has 136 valence electrons. The predicted octanol–water partition coefficient (Wildman–Crippen LogP) is 4.56. The summed E-state index contributed by atoms with van der Waals surface area (Å²) in [6.07, 6.45) is 4.36. The fraction of sp³-hybridized carbons (Fsp3) is 0.0952. The summed E-state index contributed by atoms with van der Waals surface area (Å²) in [5, 5.41) is 6.23. The van der Waals surface area contributed by atoms with Gasteiger partial charge in [-0.2, -0.15) is 0 Å². The van der Waals surface area contributed by atoms with E-state index in [1.807, 2.05) is 12.1 Å². The van der Waals surface area contributed by atoms with Gasteiger partial charge in [-0.05, 0) is 54.4 Å². The summed E-state index contributed by atoms with van der Waals surface area (Å²) in [7, 11) is 0. The Morgan fingerprint density at radius 2 is 1.59 bits per heavy atom. The van der Waals surface area contributed by atoms with Crippen LogP contribution in [-0.4, -0.2) is 16.8 Å². The van der Waals surface area contributed by atoms with Crippen molar-refractivity contribution in [3.63, 3.8) is 0 Å². The molecule has 0 spiro atoms. The van der Waals surface area contributed by atoms with E-state index in [-0.39, 0.29) is 11.8 Å². The molecule has 0 aliphatic heterocycles. The first-order valence-electron chi connectivity index (χ1n) is 8.46. The molecule has 3 aromatic rings. The number of rotatable bonds is 6. The van der Waals surface area contributed by atoms with Crippen LogP contribution in [0.3, 0.4) is 0 Å². The second kappa shape index (κ2) is 8.96. The lowest BCUT2D eigenvalue weighted by atomic mass is 10.1. The minimum atomic E-state index is -0.274. The van der Waals surface area contributed by atoms with Crippen molar-refractivity contribution < 1.29 is 9.59 Å². The molecule has 0 saturated heterocycles. The van der Waals surface area contributed by atoms with Gasteiger partial charge in [-0.3, -0.25) is 14.6 Å². The van der Waals surface area contributed by atoms with Gasteiger partial charge in [0.05, 0.1) is 11.4 Å². The van der Waals surface area contributed by atoms with Crippen molar-refractivity contribution in [1.29, 1.82) is 0 Å². The predicted molar refractivity (Wildman–Crippen MR) is 107 cm³/mol. The van der Waals surface area contributed by atoms with Gasteiger partial charge in [0.15, 0.2) is 0 Å². The average Bonchev–Trinajstić information content (AvgIpc) is 2.69. The van der Waals surface area contributed by atoms with Gasteiger partial charge in [0.1, 0.15) is 0 Å². The molecule has 0 aliphatic carbocycles. The standard InChI is InChI=1S/C21H18ClN3O2/c22-17-10-8-16(9-11-17)21(27)25-19-6-2-1-5-18(19)24-20(26)12-7-15-4-3-13-23-14-15/h1-6,8-11,13-14H,7,12H2,(H,24,26)(H,25,27). The molecule has 2 aromatic carbocycles. The van der Waals surface area contributed by atoms with E-state index in [2.05, 4.69) is 15.6 Å². The Bertz CT molecular complexity index is 928. The summed E-state index contributed by atoms with van der Waals surface area (Å²) in [5.74, 6) is -0.407. The van der Waals surface area contributed by atoms with E-state index in [1.165, 1.54) is 0 Å². The quantitative estimate of drug-likeness (QED) is 0.659. The van der Waals surface area contributed by atoms with E-state index in [9.17, 15) is 9.59 Å². The van der Waals surface area contributed by atoms with Crippen molar-refractivity contribution in [1.82, 2.24) is 4.98 Å². The fourth-order valence-electron chi connectivity index (χ4n) is 2.51. The summed E-state index contributed by atoms with van der Waals surface area (Å²) in [6, 6.07) is 17.5. The van der Waals surface area contributed by atoms with E-state index in [0.29, 0.717) is 34.8 Å². The molecule has 1 aromatic heterocycles. The van der Waals surface area contributed by atoms with Crippen LogP contribution in [0.25, 0.3) is 0 Å². The van der Waals surface area contributed by atoms with Gasteiger partial charge in [-0.25, -0.2) is 0 Å². The lowest BCUT2D eigenvalue weighted by Crippen LogP contribution is -2.17. The maximum atomic E-state index is 12.4. The Morgan fingerprint density at radius 1 is 0.889 bits per heavy atom. The second-order valence-electron chi connectivity index (χ2n) is 5.92. The molecule has 2 amide bonds. The molecule has 0 saturated carbocycles. The molecule has 2 N–H and O–H groups in total. The first-order valence-corrected chi connectivity index (χ1v) is 8.84. The first kappa shape index (κ1) is 18.6. The summed E-state index contributed by atoms with van der Waals surface area (Å²) in [6.45, 7) is 0. The van der Waals surface area contributed by atoms with Gasteiger partial charge in [0.25, 0.3) is 5.91 Å². The SMILES string of the molecule is O=C(CCc1cccnc1)Nc1ccccc1NC(=O)c1ccc(Cl)cc1. The number of nitrogens with zero attached hydrogens (tertiary/aromatic N) is 1. The topological polar surface area (TPSA) is 71.1 Å². The van der Waals surface area contributed by atoms with E-state index >= 15 is 0 Å². The highest BCUT2D eigenvalue weighted by Gasteiger charge is 2.11. The normalized spacial score (nSPS) is 10.3. The highest BCUT2D eigenvalue weighted by molar-refractivity contribution is 6.30. The molecular formula is C21H18ClN3O2. The molecule has 6 heteroatoms. The summed E-state index contributed by atoms with van der Waals surface area (Å²) in [4.78, 5) is 28.7. The van der Waals surface area contributed by atoms with Crippen molar-refractivity contribution in [2.45, 2.75) is 12.8 Å². The summed E-state index contributed by atoms with van der Waals surface area (Å²) in [5.41, 5.74) is 2.57. The number of pyridine rings is 1. The third-order valence-electron chi connectivity index (χ3n) is 3.92. The zero-order valence-corrected chi connectivity index (χ0v) is 15.2. The van der Waals surface area contributed by atoms with Gasteiger partial charge in [0.2, 0.25) is 5.91 Å². The maximum Gasteiger partial charge on any atom is 0.255 e. The molecule has 1 heterocycles. The Hall–Kier alpha value is -3.18. The average molecular weight is 380 g/mol. The van der Waals surface area contributed by atoms with Gasteiger partial charge < -0.3 is 10.6 Å². The number of hydrogen-bond donors (Lipinski definition) is 2. The molecule has 3 rings (SSSR count). The van der Waals surface area contributed by atoms with Crippen LogP contribution in [0.1, 0.15) is 22.3 Å². The third-order valence-corrected chi connectivity index (χ3v) is 4.17. The lowest BCUT2D eigenvalue weighted by Gasteiger charge is -2.12. The summed E-state index contributed by atoms with van der Waals surface area (Å²) < 4.78 is 0. The molecule has 27 heavy (non-hydrogen) atoms. The molecule has 0 bridgehead atoms. The van der Waals surface area contributed by atoms with Crippen molar-refractivity contribution in [3.05, 3.63) is 89.2 Å². The molecule has 0 unspecified atom stereocenters. The summed E-state index contributed by atoms with van der Waals surface area (Å²) >= 11 is 5.85. The first-order chi connectivity index (χ1) is 13.1. The third kappa shape index (κ3) is 5.39. The Balaban J connectivity index is 1.64. The minimum Gasteiger partial charge on any atom is -0.324 e. The van der Waals surface area contributed by atoms with Crippen LogP contribution < -0.4 is 10.6 Å². The Labute approximate surface area is 162 Å². The maximum absolute atomic E-state index is 12.4. The number of aryl methyl sites for hydroxylation is 1. The van der Waals surface area contributed by atoms with Crippen molar-refractivity contribution in [3.8, 4) is 0 Å². The number of anilines is 2. The van der Waals surface area contributed by atoms with Gasteiger partial charge in [-0.15, -0.1) is 0 Å². The minimum absolute atomic E-state index is 0.132. The number of benzene rings is 2. The molecular weight excluding hydrogens is 362 g/mol. The molecule has 0 aliphatic rings.